The number of likely N-dealkylation sites (N-methyl/N-ethyl adjacent to an activating group) is 1. The Morgan fingerprint density at radius 3 is 2.41 bits per heavy atom. The smallest absolute Gasteiger partial charge is 0.245 e. The van der Waals surface area contributed by atoms with Crippen molar-refractivity contribution in [2.45, 2.75) is 4.90 Å². The number of methoxy groups -OCH3 is 1. The van der Waals surface area contributed by atoms with E-state index in [1.165, 1.54) is 17.6 Å². The molecule has 0 amide bonds. The molecule has 1 fully saturated rings. The number of nitrogens with zero attached hydrogens (tertiary/aromatic N) is 4. The van der Waals surface area contributed by atoms with E-state index in [2.05, 4.69) is 25.5 Å². The molecule has 0 aliphatic carbocycles. The van der Waals surface area contributed by atoms with Gasteiger partial charge in [0.25, 0.3) is 0 Å². The molecule has 4 rings (SSSR count). The van der Waals surface area contributed by atoms with Crippen LogP contribution in [0.15, 0.2) is 53.6 Å². The molecule has 198 valence electrons. The molecule has 1 aliphatic rings. The first-order valence-corrected chi connectivity index (χ1v) is 16.0. The van der Waals surface area contributed by atoms with Crippen molar-refractivity contribution in [3.8, 4) is 5.75 Å². The number of sulfonamides is 1. The monoisotopic (exact) mass is 564 g/mol. The zero-order valence-corrected chi connectivity index (χ0v) is 23.6. The van der Waals surface area contributed by atoms with E-state index in [-0.39, 0.29) is 21.7 Å². The molecule has 0 unspecified atom stereocenters. The summed E-state index contributed by atoms with van der Waals surface area (Å²) in [5.41, 5.74) is 0.933. The lowest BCUT2D eigenvalue weighted by Crippen LogP contribution is -2.47. The summed E-state index contributed by atoms with van der Waals surface area (Å²) in [6.07, 6.45) is 1.42. The molecule has 0 atom stereocenters. The van der Waals surface area contributed by atoms with Crippen LogP contribution in [0.3, 0.4) is 0 Å². The van der Waals surface area contributed by atoms with Gasteiger partial charge in [0, 0.05) is 31.5 Å². The number of halogens is 1. The van der Waals surface area contributed by atoms with E-state index in [4.69, 9.17) is 16.3 Å². The van der Waals surface area contributed by atoms with Gasteiger partial charge in [0.1, 0.15) is 22.8 Å². The summed E-state index contributed by atoms with van der Waals surface area (Å²) in [5, 5.41) is 7.07. The van der Waals surface area contributed by atoms with Gasteiger partial charge in [-0.05, 0) is 50.7 Å². The van der Waals surface area contributed by atoms with E-state index in [1.807, 2.05) is 7.05 Å². The predicted molar refractivity (Wildman–Crippen MR) is 148 cm³/mol. The predicted octanol–water partition coefficient (Wildman–Crippen LogP) is 3.81. The number of rotatable bonds is 8. The Kier molecular flexibility index (Phi) is 8.11. The summed E-state index contributed by atoms with van der Waals surface area (Å²) in [6.45, 7) is 5.55. The molecule has 2 heterocycles. The summed E-state index contributed by atoms with van der Waals surface area (Å²) in [5.74, 6) is 0.939. The van der Waals surface area contributed by atoms with Crippen LogP contribution in [0.2, 0.25) is 5.02 Å². The van der Waals surface area contributed by atoms with Crippen molar-refractivity contribution in [1.82, 2.24) is 19.2 Å². The lowest BCUT2D eigenvalue weighted by Gasteiger charge is -2.32. The Hall–Kier alpha value is -2.69. The zero-order valence-electron chi connectivity index (χ0n) is 21.1. The van der Waals surface area contributed by atoms with Crippen molar-refractivity contribution in [2.75, 3.05) is 64.3 Å². The maximum atomic E-state index is 13.4. The van der Waals surface area contributed by atoms with Gasteiger partial charge in [-0.2, -0.15) is 9.29 Å². The van der Waals surface area contributed by atoms with E-state index < -0.39 is 17.2 Å². The van der Waals surface area contributed by atoms with Crippen molar-refractivity contribution in [1.29, 1.82) is 0 Å². The third-order valence-electron chi connectivity index (χ3n) is 6.02. The van der Waals surface area contributed by atoms with Crippen LogP contribution in [0, 0.1) is 0 Å². The molecule has 13 heteroatoms. The topological polar surface area (TPSA) is 117 Å². The average Bonchev–Trinajstić information content (AvgIpc) is 2.86. The van der Waals surface area contributed by atoms with E-state index in [9.17, 15) is 13.0 Å². The average molecular weight is 565 g/mol. The van der Waals surface area contributed by atoms with Crippen LogP contribution in [-0.4, -0.2) is 81.3 Å². The molecule has 0 saturated carbocycles. The van der Waals surface area contributed by atoms with Gasteiger partial charge >= 0.3 is 0 Å². The Labute approximate surface area is 222 Å². The summed E-state index contributed by atoms with van der Waals surface area (Å²) in [7, 11) is -2.71. The number of piperazine rings is 1. The third kappa shape index (κ3) is 6.25. The Morgan fingerprint density at radius 2 is 1.73 bits per heavy atom. The van der Waals surface area contributed by atoms with Crippen LogP contribution in [0.25, 0.3) is 0 Å². The first-order chi connectivity index (χ1) is 17.5. The molecular formula is C24H30ClN6O4PS. The minimum absolute atomic E-state index is 0.143. The standard InChI is InChI=1S/C24H30ClN6O4PS/c1-30-11-13-31(14-12-30)37(33,34)22-8-6-5-7-20(22)27-23-18(25)16-26-24(29-23)28-19-10-9-17(36(3,4)32)15-21(19)35-2/h5-10,15-16H,11-14H2,1-4H3,(H2,26,27,28,29). The summed E-state index contributed by atoms with van der Waals surface area (Å²) >= 11 is 6.37. The molecule has 3 aromatic rings. The van der Waals surface area contributed by atoms with Gasteiger partial charge in [0.2, 0.25) is 16.0 Å². The molecule has 1 aromatic heterocycles. The first-order valence-electron chi connectivity index (χ1n) is 11.6. The number of para-hydroxylation sites is 1. The minimum Gasteiger partial charge on any atom is -0.495 e. The second-order valence-corrected chi connectivity index (χ2v) is 14.6. The van der Waals surface area contributed by atoms with Crippen molar-refractivity contribution < 1.29 is 17.7 Å². The Morgan fingerprint density at radius 1 is 1.03 bits per heavy atom. The van der Waals surface area contributed by atoms with E-state index in [0.29, 0.717) is 48.6 Å². The molecule has 2 N–H and O–H groups in total. The van der Waals surface area contributed by atoms with Crippen LogP contribution in [-0.2, 0) is 14.6 Å². The minimum atomic E-state index is -3.73. The van der Waals surface area contributed by atoms with Gasteiger partial charge in [-0.25, -0.2) is 13.4 Å². The highest BCUT2D eigenvalue weighted by atomic mass is 35.5. The van der Waals surface area contributed by atoms with Gasteiger partial charge in [-0.3, -0.25) is 0 Å². The largest absolute Gasteiger partial charge is 0.495 e. The van der Waals surface area contributed by atoms with Crippen LogP contribution in [0.5, 0.6) is 5.75 Å². The molecule has 1 aliphatic heterocycles. The molecule has 1 saturated heterocycles. The molecule has 0 spiro atoms. The third-order valence-corrected chi connectivity index (χ3v) is 9.77. The second kappa shape index (κ2) is 11.0. The van der Waals surface area contributed by atoms with Crippen molar-refractivity contribution >= 4 is 57.2 Å². The molecule has 37 heavy (non-hydrogen) atoms. The molecule has 2 aromatic carbocycles. The molecule has 0 radical (unpaired) electrons. The number of nitrogens with one attached hydrogen (secondary N) is 2. The highest BCUT2D eigenvalue weighted by molar-refractivity contribution is 7.89. The van der Waals surface area contributed by atoms with Crippen LogP contribution in [0.1, 0.15) is 0 Å². The Bertz CT molecular complexity index is 1440. The van der Waals surface area contributed by atoms with Crippen molar-refractivity contribution in [3.63, 3.8) is 0 Å². The van der Waals surface area contributed by atoms with Crippen molar-refractivity contribution in [2.24, 2.45) is 0 Å². The van der Waals surface area contributed by atoms with Gasteiger partial charge < -0.3 is 24.8 Å². The number of benzene rings is 2. The zero-order chi connectivity index (χ0) is 26.8. The summed E-state index contributed by atoms with van der Waals surface area (Å²) in [6, 6.07) is 11.9. The maximum Gasteiger partial charge on any atom is 0.245 e. The van der Waals surface area contributed by atoms with Crippen LogP contribution >= 0.6 is 18.7 Å². The quantitative estimate of drug-likeness (QED) is 0.394. The number of aromatic nitrogens is 2. The SMILES string of the molecule is COc1cc(P(C)(C)=O)ccc1Nc1ncc(Cl)c(Nc2ccccc2S(=O)(=O)N2CCN(C)CC2)n1. The maximum absolute atomic E-state index is 13.4. The number of hydrogen-bond acceptors (Lipinski definition) is 9. The lowest BCUT2D eigenvalue weighted by molar-refractivity contribution is 0.222. The lowest BCUT2D eigenvalue weighted by atomic mass is 10.3. The number of hydrogen-bond donors (Lipinski definition) is 2. The summed E-state index contributed by atoms with van der Waals surface area (Å²) in [4.78, 5) is 10.9. The van der Waals surface area contributed by atoms with Crippen LogP contribution in [0.4, 0.5) is 23.1 Å². The van der Waals surface area contributed by atoms with Gasteiger partial charge in [0.15, 0.2) is 5.82 Å². The first kappa shape index (κ1) is 27.3. The van der Waals surface area contributed by atoms with E-state index >= 15 is 0 Å². The summed E-state index contributed by atoms with van der Waals surface area (Å²) < 4.78 is 46.3. The highest BCUT2D eigenvalue weighted by Crippen LogP contribution is 2.38. The van der Waals surface area contributed by atoms with Crippen LogP contribution < -0.4 is 20.7 Å². The molecule has 10 nitrogen and oxygen atoms in total. The van der Waals surface area contributed by atoms with Gasteiger partial charge in [-0.15, -0.1) is 0 Å². The fourth-order valence-corrected chi connectivity index (χ4v) is 6.41. The second-order valence-electron chi connectivity index (χ2n) is 9.08. The molecular weight excluding hydrogens is 535 g/mol. The van der Waals surface area contributed by atoms with Crippen molar-refractivity contribution in [3.05, 3.63) is 53.7 Å². The highest BCUT2D eigenvalue weighted by Gasteiger charge is 2.29. The molecule has 0 bridgehead atoms. The van der Waals surface area contributed by atoms with Gasteiger partial charge in [0.05, 0.1) is 24.7 Å². The van der Waals surface area contributed by atoms with Gasteiger partial charge in [-0.1, -0.05) is 23.7 Å². The number of anilines is 4. The van der Waals surface area contributed by atoms with E-state index in [0.717, 1.165) is 0 Å². The fraction of sp³-hybridized carbons (Fsp3) is 0.333. The normalized spacial score (nSPS) is 15.4. The fourth-order valence-electron chi connectivity index (χ4n) is 3.84. The van der Waals surface area contributed by atoms with E-state index in [1.54, 1.807) is 55.8 Å². The Balaban J connectivity index is 1.62. The number of ether oxygens (including phenoxy) is 1.